The van der Waals surface area contributed by atoms with Crippen molar-refractivity contribution in [2.24, 2.45) is 16.1 Å². The van der Waals surface area contributed by atoms with Crippen molar-refractivity contribution in [1.82, 2.24) is 0 Å². The predicted molar refractivity (Wildman–Crippen MR) is 110 cm³/mol. The van der Waals surface area contributed by atoms with Crippen LogP contribution in [0.25, 0.3) is 0 Å². The Morgan fingerprint density at radius 1 is 1.26 bits per heavy atom. The van der Waals surface area contributed by atoms with Crippen LogP contribution in [-0.4, -0.2) is 29.4 Å². The lowest BCUT2D eigenvalue weighted by Gasteiger charge is -2.13. The van der Waals surface area contributed by atoms with Crippen LogP contribution < -0.4 is 4.74 Å². The summed E-state index contributed by atoms with van der Waals surface area (Å²) in [5, 5.41) is 9.45. The maximum Gasteiger partial charge on any atom is 0.150 e. The largest absolute Gasteiger partial charge is 0.496 e. The van der Waals surface area contributed by atoms with Gasteiger partial charge in [0.2, 0.25) is 0 Å². The van der Waals surface area contributed by atoms with Crippen LogP contribution in [0.4, 0.5) is 0 Å². The molecule has 1 aromatic carbocycles. The molecular formula is C21H24N2O3S. The smallest absolute Gasteiger partial charge is 0.150 e. The Balaban J connectivity index is 1.61. The highest BCUT2D eigenvalue weighted by atomic mass is 32.2. The van der Waals surface area contributed by atoms with Gasteiger partial charge in [-0.3, -0.25) is 4.79 Å². The molecule has 1 unspecified atom stereocenters. The van der Waals surface area contributed by atoms with Gasteiger partial charge in [-0.2, -0.15) is 5.10 Å². The van der Waals surface area contributed by atoms with Gasteiger partial charge in [-0.25, -0.2) is 0 Å². The summed E-state index contributed by atoms with van der Waals surface area (Å²) in [7, 11) is 1.64. The normalized spacial score (nSPS) is 16.2. The van der Waals surface area contributed by atoms with E-state index in [2.05, 4.69) is 17.1 Å². The Bertz CT molecular complexity index is 885. The highest BCUT2D eigenvalue weighted by molar-refractivity contribution is 8.14. The molecule has 1 aliphatic rings. The number of aryl methyl sites for hydroxylation is 2. The predicted octanol–water partition coefficient (Wildman–Crippen LogP) is 4.59. The molecule has 1 aromatic heterocycles. The SMILES string of the molecule is CCC1C(SCC(=O)Cc2cc(C)c(C)cc2OC)=NN=C1c1ccco1. The topological polar surface area (TPSA) is 64.2 Å². The fourth-order valence-electron chi connectivity index (χ4n) is 3.10. The molecule has 0 spiro atoms. The molecule has 3 rings (SSSR count). The zero-order valence-electron chi connectivity index (χ0n) is 16.1. The molecule has 0 radical (unpaired) electrons. The number of Topliss-reactive ketones (excluding diaryl/α,β-unsaturated/α-hetero) is 1. The lowest BCUT2D eigenvalue weighted by Crippen LogP contribution is -2.19. The molecule has 27 heavy (non-hydrogen) atoms. The van der Waals surface area contributed by atoms with E-state index in [1.54, 1.807) is 13.4 Å². The van der Waals surface area contributed by atoms with Crippen LogP contribution in [0.1, 0.15) is 35.8 Å². The van der Waals surface area contributed by atoms with E-state index in [0.29, 0.717) is 12.2 Å². The van der Waals surface area contributed by atoms with E-state index < -0.39 is 0 Å². The van der Waals surface area contributed by atoms with Crippen LogP contribution >= 0.6 is 11.8 Å². The van der Waals surface area contributed by atoms with Crippen molar-refractivity contribution in [2.75, 3.05) is 12.9 Å². The summed E-state index contributed by atoms with van der Waals surface area (Å²) >= 11 is 1.47. The van der Waals surface area contributed by atoms with E-state index in [4.69, 9.17) is 9.15 Å². The van der Waals surface area contributed by atoms with Gasteiger partial charge in [0.1, 0.15) is 22.3 Å². The van der Waals surface area contributed by atoms with Crippen molar-refractivity contribution >= 4 is 28.3 Å². The lowest BCUT2D eigenvalue weighted by molar-refractivity contribution is -0.116. The maximum atomic E-state index is 12.6. The molecular weight excluding hydrogens is 360 g/mol. The number of carbonyl (C=O) groups is 1. The molecule has 0 bridgehead atoms. The van der Waals surface area contributed by atoms with Gasteiger partial charge in [0.25, 0.3) is 0 Å². The second-order valence-electron chi connectivity index (χ2n) is 6.61. The van der Waals surface area contributed by atoms with Crippen molar-refractivity contribution in [3.05, 3.63) is 53.0 Å². The van der Waals surface area contributed by atoms with Crippen LogP contribution in [0.5, 0.6) is 5.75 Å². The van der Waals surface area contributed by atoms with Crippen LogP contribution in [-0.2, 0) is 11.2 Å². The molecule has 6 heteroatoms. The van der Waals surface area contributed by atoms with E-state index in [0.717, 1.165) is 45.4 Å². The van der Waals surface area contributed by atoms with E-state index >= 15 is 0 Å². The Kier molecular flexibility index (Phi) is 6.16. The van der Waals surface area contributed by atoms with Gasteiger partial charge >= 0.3 is 0 Å². The van der Waals surface area contributed by atoms with Gasteiger partial charge in [0.05, 0.1) is 25.0 Å². The number of carbonyl (C=O) groups excluding carboxylic acids is 1. The van der Waals surface area contributed by atoms with Crippen LogP contribution in [0.15, 0.2) is 45.1 Å². The monoisotopic (exact) mass is 384 g/mol. The third kappa shape index (κ3) is 4.33. The van der Waals surface area contributed by atoms with E-state index in [1.807, 2.05) is 38.1 Å². The summed E-state index contributed by atoms with van der Waals surface area (Å²) in [6.07, 6.45) is 2.86. The Hall–Kier alpha value is -2.34. The molecule has 0 saturated carbocycles. The third-order valence-corrected chi connectivity index (χ3v) is 5.86. The molecule has 0 saturated heterocycles. The summed E-state index contributed by atoms with van der Waals surface area (Å²) in [6, 6.07) is 7.76. The van der Waals surface area contributed by atoms with Gasteiger partial charge in [0, 0.05) is 12.0 Å². The minimum absolute atomic E-state index is 0.0881. The number of hydrogen-bond donors (Lipinski definition) is 0. The number of hydrogen-bond acceptors (Lipinski definition) is 6. The number of ketones is 1. The van der Waals surface area contributed by atoms with E-state index in [1.165, 1.54) is 11.8 Å². The van der Waals surface area contributed by atoms with Gasteiger partial charge in [-0.05, 0) is 49.6 Å². The van der Waals surface area contributed by atoms with Crippen LogP contribution in [0, 0.1) is 19.8 Å². The average Bonchev–Trinajstić information content (AvgIpc) is 3.31. The van der Waals surface area contributed by atoms with Gasteiger partial charge < -0.3 is 9.15 Å². The first-order chi connectivity index (χ1) is 13.0. The summed E-state index contributed by atoms with van der Waals surface area (Å²) in [5.41, 5.74) is 4.09. The molecule has 0 aliphatic carbocycles. The highest BCUT2D eigenvalue weighted by Crippen LogP contribution is 2.28. The minimum Gasteiger partial charge on any atom is -0.496 e. The molecule has 0 fully saturated rings. The first-order valence-corrected chi connectivity index (χ1v) is 10.00. The third-order valence-electron chi connectivity index (χ3n) is 4.73. The fourth-order valence-corrected chi connectivity index (χ4v) is 4.09. The van der Waals surface area contributed by atoms with Gasteiger partial charge in [-0.1, -0.05) is 13.0 Å². The summed E-state index contributed by atoms with van der Waals surface area (Å²) in [6.45, 7) is 6.18. The summed E-state index contributed by atoms with van der Waals surface area (Å²) in [4.78, 5) is 12.6. The minimum atomic E-state index is 0.0881. The molecule has 0 amide bonds. The number of thioether (sulfide) groups is 1. The number of nitrogens with zero attached hydrogens (tertiary/aromatic N) is 2. The van der Waals surface area contributed by atoms with Gasteiger partial charge in [-0.15, -0.1) is 16.9 Å². The molecule has 2 heterocycles. The second-order valence-corrected chi connectivity index (χ2v) is 7.61. The number of furan rings is 1. The summed E-state index contributed by atoms with van der Waals surface area (Å²) < 4.78 is 10.9. The average molecular weight is 385 g/mol. The van der Waals surface area contributed by atoms with Crippen LogP contribution in [0.2, 0.25) is 0 Å². The van der Waals surface area contributed by atoms with Crippen molar-refractivity contribution in [3.63, 3.8) is 0 Å². The number of ether oxygens (including phenoxy) is 1. The molecule has 0 N–H and O–H groups in total. The molecule has 1 aliphatic heterocycles. The van der Waals surface area contributed by atoms with E-state index in [-0.39, 0.29) is 11.7 Å². The Morgan fingerprint density at radius 2 is 2.04 bits per heavy atom. The van der Waals surface area contributed by atoms with Gasteiger partial charge in [0.15, 0.2) is 5.76 Å². The number of rotatable bonds is 7. The van der Waals surface area contributed by atoms with Crippen molar-refractivity contribution in [3.8, 4) is 5.75 Å². The van der Waals surface area contributed by atoms with E-state index in [9.17, 15) is 4.79 Å². The summed E-state index contributed by atoms with van der Waals surface area (Å²) in [5.74, 6) is 2.11. The fraction of sp³-hybridized carbons (Fsp3) is 0.381. The van der Waals surface area contributed by atoms with Crippen molar-refractivity contribution in [2.45, 2.75) is 33.6 Å². The molecule has 5 nitrogen and oxygen atoms in total. The zero-order chi connectivity index (χ0) is 19.4. The molecule has 142 valence electrons. The van der Waals surface area contributed by atoms with Crippen LogP contribution in [0.3, 0.4) is 0 Å². The maximum absolute atomic E-state index is 12.6. The number of benzene rings is 1. The van der Waals surface area contributed by atoms with Crippen molar-refractivity contribution in [1.29, 1.82) is 0 Å². The quantitative estimate of drug-likeness (QED) is 0.700. The first kappa shape index (κ1) is 19.4. The number of methoxy groups -OCH3 is 1. The Morgan fingerprint density at radius 3 is 2.70 bits per heavy atom. The zero-order valence-corrected chi connectivity index (χ0v) is 16.9. The Labute approximate surface area is 163 Å². The second kappa shape index (κ2) is 8.57. The molecule has 2 aromatic rings. The van der Waals surface area contributed by atoms with Crippen molar-refractivity contribution < 1.29 is 13.9 Å². The first-order valence-electron chi connectivity index (χ1n) is 9.01. The molecule has 1 atom stereocenters. The highest BCUT2D eigenvalue weighted by Gasteiger charge is 2.29. The standard InChI is InChI=1S/C21H24N2O3S/c1-5-17-20(18-7-6-8-26-18)22-23-21(17)27-12-16(24)11-15-9-13(2)14(3)10-19(15)25-4/h6-10,17H,5,11-12H2,1-4H3. The lowest BCUT2D eigenvalue weighted by atomic mass is 10.0.